The zero-order valence-electron chi connectivity index (χ0n) is 14.9. The van der Waals surface area contributed by atoms with Crippen molar-refractivity contribution in [3.05, 3.63) is 41.5 Å². The number of amides is 2. The number of nitrogens with one attached hydrogen (secondary N) is 1. The molecule has 24 heavy (non-hydrogen) atoms. The fraction of sp³-hybridized carbons (Fsp3) is 0.474. The molecule has 0 unspecified atom stereocenters. The van der Waals surface area contributed by atoms with Crippen LogP contribution in [-0.4, -0.2) is 41.3 Å². The third-order valence-electron chi connectivity index (χ3n) is 3.86. The van der Waals surface area contributed by atoms with Gasteiger partial charge >= 0.3 is 0 Å². The fourth-order valence-corrected chi connectivity index (χ4v) is 3.34. The van der Waals surface area contributed by atoms with Gasteiger partial charge in [-0.3, -0.25) is 9.59 Å². The molecule has 0 radical (unpaired) electrons. The topological polar surface area (TPSA) is 49.4 Å². The Morgan fingerprint density at radius 2 is 1.88 bits per heavy atom. The normalized spacial score (nSPS) is 15.6. The molecule has 1 saturated heterocycles. The van der Waals surface area contributed by atoms with E-state index in [2.05, 4.69) is 5.32 Å². The van der Waals surface area contributed by atoms with Gasteiger partial charge in [-0.25, -0.2) is 0 Å². The summed E-state index contributed by atoms with van der Waals surface area (Å²) in [6.07, 6.45) is 3.42. The Morgan fingerprint density at radius 3 is 2.50 bits per heavy atom. The van der Waals surface area contributed by atoms with Gasteiger partial charge in [0.25, 0.3) is 5.91 Å². The summed E-state index contributed by atoms with van der Waals surface area (Å²) in [4.78, 5) is 26.7. The highest BCUT2D eigenvalue weighted by molar-refractivity contribution is 7.99. The number of hydrogen-bond acceptors (Lipinski definition) is 3. The lowest BCUT2D eigenvalue weighted by Gasteiger charge is -2.27. The summed E-state index contributed by atoms with van der Waals surface area (Å²) in [6.45, 7) is 9.57. The van der Waals surface area contributed by atoms with Crippen molar-refractivity contribution in [2.75, 3.05) is 29.9 Å². The first kappa shape index (κ1) is 18.6. The highest BCUT2D eigenvalue weighted by atomic mass is 32.2. The van der Waals surface area contributed by atoms with Crippen molar-refractivity contribution in [1.82, 2.24) is 4.90 Å². The summed E-state index contributed by atoms with van der Waals surface area (Å²) >= 11 is 1.88. The van der Waals surface area contributed by atoms with E-state index < -0.39 is 0 Å². The first-order valence-corrected chi connectivity index (χ1v) is 9.40. The molecule has 0 atom stereocenters. The monoisotopic (exact) mass is 346 g/mol. The second-order valence-electron chi connectivity index (χ2n) is 7.07. The molecule has 1 aliphatic heterocycles. The molecular formula is C19H26N2O2S. The Labute approximate surface area is 148 Å². The molecule has 2 amide bonds. The number of carbonyl (C=O) groups excluding carboxylic acids is 2. The van der Waals surface area contributed by atoms with Gasteiger partial charge in [0.1, 0.15) is 0 Å². The van der Waals surface area contributed by atoms with Crippen molar-refractivity contribution in [1.29, 1.82) is 0 Å². The van der Waals surface area contributed by atoms with Crippen LogP contribution in [0, 0.1) is 12.3 Å². The van der Waals surface area contributed by atoms with E-state index in [4.69, 9.17) is 0 Å². The van der Waals surface area contributed by atoms with Gasteiger partial charge in [-0.1, -0.05) is 32.9 Å². The number of nitrogens with zero attached hydrogens (tertiary/aromatic N) is 1. The van der Waals surface area contributed by atoms with Crippen molar-refractivity contribution in [2.24, 2.45) is 5.41 Å². The second kappa shape index (κ2) is 7.88. The molecule has 0 aliphatic carbocycles. The van der Waals surface area contributed by atoms with Crippen LogP contribution >= 0.6 is 11.8 Å². The van der Waals surface area contributed by atoms with Crippen LogP contribution in [0.3, 0.4) is 0 Å². The summed E-state index contributed by atoms with van der Waals surface area (Å²) in [5.41, 5.74) is 2.13. The SMILES string of the molecule is Cc1c(NC(=O)/C=C/C(C)(C)C)cccc1C(=O)N1CCSCC1. The van der Waals surface area contributed by atoms with Gasteiger partial charge in [-0.05, 0) is 36.1 Å². The van der Waals surface area contributed by atoms with E-state index in [0.29, 0.717) is 11.3 Å². The summed E-state index contributed by atoms with van der Waals surface area (Å²) < 4.78 is 0. The van der Waals surface area contributed by atoms with E-state index in [1.165, 1.54) is 0 Å². The molecule has 0 saturated carbocycles. The van der Waals surface area contributed by atoms with Crippen molar-refractivity contribution in [2.45, 2.75) is 27.7 Å². The lowest BCUT2D eigenvalue weighted by Crippen LogP contribution is -2.38. The number of allylic oxidation sites excluding steroid dienone is 1. The molecule has 130 valence electrons. The van der Waals surface area contributed by atoms with Crippen LogP contribution in [0.15, 0.2) is 30.4 Å². The quantitative estimate of drug-likeness (QED) is 0.849. The summed E-state index contributed by atoms with van der Waals surface area (Å²) in [5, 5.41) is 2.88. The van der Waals surface area contributed by atoms with Crippen LogP contribution in [0.2, 0.25) is 0 Å². The van der Waals surface area contributed by atoms with E-state index in [1.807, 2.05) is 68.6 Å². The largest absolute Gasteiger partial charge is 0.337 e. The highest BCUT2D eigenvalue weighted by Crippen LogP contribution is 2.22. The maximum atomic E-state index is 12.7. The average molecular weight is 346 g/mol. The van der Waals surface area contributed by atoms with E-state index in [-0.39, 0.29) is 17.2 Å². The first-order valence-electron chi connectivity index (χ1n) is 8.25. The van der Waals surface area contributed by atoms with Gasteiger partial charge < -0.3 is 10.2 Å². The number of rotatable bonds is 3. The van der Waals surface area contributed by atoms with E-state index >= 15 is 0 Å². The molecule has 0 aromatic heterocycles. The third kappa shape index (κ3) is 5.13. The zero-order valence-corrected chi connectivity index (χ0v) is 15.7. The second-order valence-corrected chi connectivity index (χ2v) is 8.30. The number of hydrogen-bond donors (Lipinski definition) is 1. The number of benzene rings is 1. The van der Waals surface area contributed by atoms with Gasteiger partial charge in [-0.2, -0.15) is 11.8 Å². The van der Waals surface area contributed by atoms with Crippen LogP contribution in [0.1, 0.15) is 36.7 Å². The minimum Gasteiger partial charge on any atom is -0.337 e. The molecule has 1 aromatic carbocycles. The molecule has 0 bridgehead atoms. The Kier molecular flexibility index (Phi) is 6.10. The van der Waals surface area contributed by atoms with Crippen molar-refractivity contribution >= 4 is 29.3 Å². The van der Waals surface area contributed by atoms with Gasteiger partial charge in [0.2, 0.25) is 5.91 Å². The zero-order chi connectivity index (χ0) is 17.7. The fourth-order valence-electron chi connectivity index (χ4n) is 2.44. The standard InChI is InChI=1S/C19H26N2O2S/c1-14-15(18(23)21-10-12-24-13-11-21)6-5-7-16(14)20-17(22)8-9-19(2,3)4/h5-9H,10-13H2,1-4H3,(H,20,22)/b9-8+. The van der Waals surface area contributed by atoms with Gasteiger partial charge in [-0.15, -0.1) is 0 Å². The van der Waals surface area contributed by atoms with Crippen LogP contribution in [0.25, 0.3) is 0 Å². The third-order valence-corrected chi connectivity index (χ3v) is 4.80. The molecule has 1 N–H and O–H groups in total. The Bertz CT molecular complexity index is 641. The molecule has 1 aromatic rings. The van der Waals surface area contributed by atoms with Crippen molar-refractivity contribution in [3.63, 3.8) is 0 Å². The highest BCUT2D eigenvalue weighted by Gasteiger charge is 2.21. The molecule has 1 fully saturated rings. The maximum Gasteiger partial charge on any atom is 0.254 e. The van der Waals surface area contributed by atoms with Crippen LogP contribution in [0.5, 0.6) is 0 Å². The molecular weight excluding hydrogens is 320 g/mol. The van der Waals surface area contributed by atoms with E-state index in [9.17, 15) is 9.59 Å². The number of thioether (sulfide) groups is 1. The summed E-state index contributed by atoms with van der Waals surface area (Å²) in [5.74, 6) is 1.85. The summed E-state index contributed by atoms with van der Waals surface area (Å²) in [6, 6.07) is 5.49. The summed E-state index contributed by atoms with van der Waals surface area (Å²) in [7, 11) is 0. The van der Waals surface area contributed by atoms with Crippen LogP contribution in [-0.2, 0) is 4.79 Å². The maximum absolute atomic E-state index is 12.7. The molecule has 1 aliphatic rings. The Balaban J connectivity index is 2.14. The number of anilines is 1. The Morgan fingerprint density at radius 1 is 1.21 bits per heavy atom. The smallest absolute Gasteiger partial charge is 0.254 e. The molecule has 0 spiro atoms. The molecule has 2 rings (SSSR count). The van der Waals surface area contributed by atoms with Gasteiger partial charge in [0.05, 0.1) is 0 Å². The van der Waals surface area contributed by atoms with Crippen LogP contribution in [0.4, 0.5) is 5.69 Å². The van der Waals surface area contributed by atoms with Gasteiger partial charge in [0.15, 0.2) is 0 Å². The Hall–Kier alpha value is -1.75. The average Bonchev–Trinajstić information content (AvgIpc) is 2.54. The number of carbonyl (C=O) groups is 2. The predicted molar refractivity (Wildman–Crippen MR) is 102 cm³/mol. The van der Waals surface area contributed by atoms with E-state index in [1.54, 1.807) is 6.08 Å². The van der Waals surface area contributed by atoms with E-state index in [0.717, 1.165) is 30.2 Å². The van der Waals surface area contributed by atoms with Crippen LogP contribution < -0.4 is 5.32 Å². The molecule has 1 heterocycles. The van der Waals surface area contributed by atoms with Gasteiger partial charge in [0, 0.05) is 35.8 Å². The van der Waals surface area contributed by atoms with Crippen molar-refractivity contribution < 1.29 is 9.59 Å². The minimum absolute atomic E-state index is 0.0452. The minimum atomic E-state index is -0.174. The predicted octanol–water partition coefficient (Wildman–Crippen LogP) is 3.72. The molecule has 5 heteroatoms. The lowest BCUT2D eigenvalue weighted by atomic mass is 9.96. The lowest BCUT2D eigenvalue weighted by molar-refractivity contribution is -0.112. The first-order chi connectivity index (χ1) is 11.3. The van der Waals surface area contributed by atoms with Crippen molar-refractivity contribution in [3.8, 4) is 0 Å². The molecule has 4 nitrogen and oxygen atoms in total.